The second-order valence-electron chi connectivity index (χ2n) is 7.89. The van der Waals surface area contributed by atoms with Crippen LogP contribution in [0.2, 0.25) is 0 Å². The molecule has 9 heteroatoms. The SMILES string of the molecule is COc1cccc2c1-c1ccc(CS(N)(=O)=O)cc1C(c1cccc(OC(=O)N(C)C)c1)O2. The predicted molar refractivity (Wildman–Crippen MR) is 124 cm³/mol. The van der Waals surface area contributed by atoms with E-state index in [0.29, 0.717) is 22.8 Å². The molecule has 0 aromatic heterocycles. The second kappa shape index (κ2) is 8.76. The van der Waals surface area contributed by atoms with E-state index in [9.17, 15) is 13.2 Å². The number of carbonyl (C=O) groups is 1. The largest absolute Gasteiger partial charge is 0.496 e. The van der Waals surface area contributed by atoms with Crippen molar-refractivity contribution in [3.8, 4) is 28.4 Å². The lowest BCUT2D eigenvalue weighted by Crippen LogP contribution is -2.25. The lowest BCUT2D eigenvalue weighted by molar-refractivity contribution is 0.171. The number of hydrogen-bond acceptors (Lipinski definition) is 6. The Morgan fingerprint density at radius 3 is 2.55 bits per heavy atom. The molecule has 1 unspecified atom stereocenters. The van der Waals surface area contributed by atoms with Crippen molar-refractivity contribution in [3.05, 3.63) is 77.4 Å². The number of nitrogens with zero attached hydrogens (tertiary/aromatic N) is 1. The van der Waals surface area contributed by atoms with Gasteiger partial charge in [-0.1, -0.05) is 36.4 Å². The molecule has 3 aromatic rings. The van der Waals surface area contributed by atoms with Crippen molar-refractivity contribution in [2.45, 2.75) is 11.9 Å². The Labute approximate surface area is 192 Å². The third-order valence-electron chi connectivity index (χ3n) is 5.22. The average molecular weight is 469 g/mol. The van der Waals surface area contributed by atoms with E-state index < -0.39 is 22.2 Å². The van der Waals surface area contributed by atoms with Gasteiger partial charge in [0, 0.05) is 25.2 Å². The van der Waals surface area contributed by atoms with Crippen molar-refractivity contribution >= 4 is 16.1 Å². The van der Waals surface area contributed by atoms with Crippen molar-refractivity contribution in [1.29, 1.82) is 0 Å². The zero-order valence-electron chi connectivity index (χ0n) is 18.4. The van der Waals surface area contributed by atoms with Crippen LogP contribution in [0.15, 0.2) is 60.7 Å². The number of nitrogens with two attached hydrogens (primary N) is 1. The minimum atomic E-state index is -3.72. The summed E-state index contributed by atoms with van der Waals surface area (Å²) in [4.78, 5) is 13.3. The fourth-order valence-electron chi connectivity index (χ4n) is 3.79. The van der Waals surface area contributed by atoms with Gasteiger partial charge in [0.05, 0.1) is 18.4 Å². The summed E-state index contributed by atoms with van der Waals surface area (Å²) in [6.45, 7) is 0. The number of methoxy groups -OCH3 is 1. The Hall–Kier alpha value is -3.56. The van der Waals surface area contributed by atoms with Crippen LogP contribution in [0.4, 0.5) is 4.79 Å². The van der Waals surface area contributed by atoms with E-state index in [1.807, 2.05) is 30.3 Å². The van der Waals surface area contributed by atoms with Crippen molar-refractivity contribution in [2.24, 2.45) is 5.14 Å². The molecule has 1 amide bonds. The lowest BCUT2D eigenvalue weighted by atomic mass is 9.88. The lowest BCUT2D eigenvalue weighted by Gasteiger charge is -2.30. The van der Waals surface area contributed by atoms with E-state index in [4.69, 9.17) is 19.3 Å². The number of sulfonamides is 1. The highest BCUT2D eigenvalue weighted by molar-refractivity contribution is 7.88. The highest BCUT2D eigenvalue weighted by Crippen LogP contribution is 2.49. The highest BCUT2D eigenvalue weighted by atomic mass is 32.2. The first-order chi connectivity index (χ1) is 15.7. The van der Waals surface area contributed by atoms with Crippen molar-refractivity contribution in [2.75, 3.05) is 21.2 Å². The average Bonchev–Trinajstić information content (AvgIpc) is 2.76. The van der Waals surface area contributed by atoms with E-state index in [1.54, 1.807) is 51.5 Å². The zero-order chi connectivity index (χ0) is 23.8. The van der Waals surface area contributed by atoms with E-state index in [2.05, 4.69) is 0 Å². The van der Waals surface area contributed by atoms with Crippen LogP contribution in [0.3, 0.4) is 0 Å². The normalized spacial score (nSPS) is 14.5. The minimum Gasteiger partial charge on any atom is -0.496 e. The Balaban J connectivity index is 1.84. The zero-order valence-corrected chi connectivity index (χ0v) is 19.3. The van der Waals surface area contributed by atoms with Crippen molar-refractivity contribution in [1.82, 2.24) is 4.90 Å². The molecule has 8 nitrogen and oxygen atoms in total. The smallest absolute Gasteiger partial charge is 0.414 e. The number of fused-ring (bicyclic) bond motifs is 3. The van der Waals surface area contributed by atoms with Gasteiger partial charge >= 0.3 is 6.09 Å². The number of primary sulfonamides is 1. The molecular weight excluding hydrogens is 444 g/mol. The van der Waals surface area contributed by atoms with Gasteiger partial charge in [0.2, 0.25) is 10.0 Å². The number of benzene rings is 3. The van der Waals surface area contributed by atoms with Gasteiger partial charge in [-0.2, -0.15) is 0 Å². The highest BCUT2D eigenvalue weighted by Gasteiger charge is 2.30. The van der Waals surface area contributed by atoms with Gasteiger partial charge in [0.15, 0.2) is 0 Å². The fraction of sp³-hybridized carbons (Fsp3) is 0.208. The number of ether oxygens (including phenoxy) is 3. The maximum absolute atomic E-state index is 12.0. The Morgan fingerprint density at radius 1 is 1.09 bits per heavy atom. The summed E-state index contributed by atoms with van der Waals surface area (Å²) in [5, 5.41) is 5.27. The maximum atomic E-state index is 12.0. The molecule has 1 heterocycles. The number of carbonyl (C=O) groups excluding carboxylic acids is 1. The van der Waals surface area contributed by atoms with Crippen LogP contribution in [-0.2, 0) is 15.8 Å². The molecule has 33 heavy (non-hydrogen) atoms. The first-order valence-corrected chi connectivity index (χ1v) is 11.8. The van der Waals surface area contributed by atoms with Crippen LogP contribution in [0.5, 0.6) is 17.2 Å². The van der Waals surface area contributed by atoms with Crippen LogP contribution in [0, 0.1) is 0 Å². The third kappa shape index (κ3) is 4.79. The van der Waals surface area contributed by atoms with Gasteiger partial charge in [-0.3, -0.25) is 0 Å². The summed E-state index contributed by atoms with van der Waals surface area (Å²) < 4.78 is 40.7. The molecule has 0 radical (unpaired) electrons. The van der Waals surface area contributed by atoms with Crippen LogP contribution in [0.25, 0.3) is 11.1 Å². The molecule has 3 aromatic carbocycles. The molecule has 172 valence electrons. The molecule has 0 spiro atoms. The molecular formula is C24H24N2O6S. The van der Waals surface area contributed by atoms with Crippen LogP contribution >= 0.6 is 0 Å². The van der Waals surface area contributed by atoms with Crippen LogP contribution in [-0.4, -0.2) is 40.6 Å². The minimum absolute atomic E-state index is 0.299. The first kappa shape index (κ1) is 22.6. The van der Waals surface area contributed by atoms with Gasteiger partial charge in [0.25, 0.3) is 0 Å². The molecule has 1 aliphatic rings. The summed E-state index contributed by atoms with van der Waals surface area (Å²) in [7, 11) is 1.07. The maximum Gasteiger partial charge on any atom is 0.414 e. The number of rotatable bonds is 5. The second-order valence-corrected chi connectivity index (χ2v) is 9.51. The molecule has 0 saturated heterocycles. The number of hydrogen-bond donors (Lipinski definition) is 1. The Kier molecular flexibility index (Phi) is 6.01. The first-order valence-electron chi connectivity index (χ1n) is 10.1. The molecule has 0 saturated carbocycles. The molecule has 4 rings (SSSR count). The summed E-state index contributed by atoms with van der Waals surface area (Å²) in [5.41, 5.74) is 3.67. The molecule has 1 aliphatic heterocycles. The van der Waals surface area contributed by atoms with E-state index in [0.717, 1.165) is 22.3 Å². The van der Waals surface area contributed by atoms with Gasteiger partial charge in [-0.05, 0) is 35.4 Å². The van der Waals surface area contributed by atoms with E-state index >= 15 is 0 Å². The molecule has 1 atom stereocenters. The topological polar surface area (TPSA) is 108 Å². The Bertz CT molecular complexity index is 1320. The predicted octanol–water partition coefficient (Wildman–Crippen LogP) is 3.69. The van der Waals surface area contributed by atoms with Crippen molar-refractivity contribution < 1.29 is 27.4 Å². The van der Waals surface area contributed by atoms with E-state index in [-0.39, 0.29) is 5.75 Å². The quantitative estimate of drug-likeness (QED) is 0.612. The standard InChI is InChI=1S/C24H24N2O6S/c1-26(2)24(27)31-17-7-4-6-16(13-17)23-19-12-15(14-33(25,28)29)10-11-18(19)22-20(30-3)8-5-9-21(22)32-23/h4-13,23H,14H2,1-3H3,(H2,25,28,29). The van der Waals surface area contributed by atoms with Crippen molar-refractivity contribution in [3.63, 3.8) is 0 Å². The summed E-state index contributed by atoms with van der Waals surface area (Å²) >= 11 is 0. The molecule has 0 bridgehead atoms. The molecule has 2 N–H and O–H groups in total. The summed E-state index contributed by atoms with van der Waals surface area (Å²) in [6.07, 6.45) is -1.07. The van der Waals surface area contributed by atoms with Crippen LogP contribution < -0.4 is 19.3 Å². The van der Waals surface area contributed by atoms with Gasteiger partial charge in [0.1, 0.15) is 23.4 Å². The number of amides is 1. The van der Waals surface area contributed by atoms with Gasteiger partial charge in [-0.25, -0.2) is 18.4 Å². The molecule has 0 fully saturated rings. The summed E-state index contributed by atoms with van der Waals surface area (Å²) in [5.74, 6) is 1.34. The Morgan fingerprint density at radius 2 is 1.85 bits per heavy atom. The van der Waals surface area contributed by atoms with E-state index in [1.165, 1.54) is 4.90 Å². The van der Waals surface area contributed by atoms with Gasteiger partial charge < -0.3 is 19.1 Å². The fourth-order valence-corrected chi connectivity index (χ4v) is 4.44. The van der Waals surface area contributed by atoms with Crippen LogP contribution in [0.1, 0.15) is 22.8 Å². The third-order valence-corrected chi connectivity index (χ3v) is 5.96. The van der Waals surface area contributed by atoms with Gasteiger partial charge in [-0.15, -0.1) is 0 Å². The summed E-state index contributed by atoms with van der Waals surface area (Å²) in [6, 6.07) is 17.9. The monoisotopic (exact) mass is 468 g/mol. The molecule has 0 aliphatic carbocycles.